The third-order valence-electron chi connectivity index (χ3n) is 4.32. The third-order valence-corrected chi connectivity index (χ3v) is 5.85. The molecule has 9 heteroatoms. The number of carbonyl (C=O) groups is 1. The van der Waals surface area contributed by atoms with Crippen molar-refractivity contribution >= 4 is 21.6 Å². The van der Waals surface area contributed by atoms with Crippen LogP contribution < -0.4 is 15.6 Å². The predicted octanol–water partition coefficient (Wildman–Crippen LogP) is 2.07. The summed E-state index contributed by atoms with van der Waals surface area (Å²) in [5.41, 5.74) is 7.35. The second-order valence-electron chi connectivity index (χ2n) is 6.52. The Morgan fingerprint density at radius 3 is 2.36 bits per heavy atom. The number of amides is 1. The van der Waals surface area contributed by atoms with Crippen molar-refractivity contribution in [2.24, 2.45) is 0 Å². The van der Waals surface area contributed by atoms with Crippen LogP contribution in [0.2, 0.25) is 0 Å². The van der Waals surface area contributed by atoms with E-state index in [4.69, 9.17) is 0 Å². The van der Waals surface area contributed by atoms with Crippen LogP contribution in [-0.2, 0) is 10.0 Å². The fraction of sp³-hybridized carbons (Fsp3) is 0.158. The number of hydrazine groups is 1. The van der Waals surface area contributed by atoms with Crippen molar-refractivity contribution in [2.45, 2.75) is 23.8 Å². The number of carbonyl (C=O) groups excluding carboxylic acids is 1. The zero-order chi connectivity index (χ0) is 19.6. The van der Waals surface area contributed by atoms with Crippen LogP contribution in [0.4, 0.5) is 5.69 Å². The maximum atomic E-state index is 12.3. The second-order valence-corrected chi connectivity index (χ2v) is 8.23. The zero-order valence-electron chi connectivity index (χ0n) is 14.9. The third kappa shape index (κ3) is 4.21. The molecule has 1 fully saturated rings. The molecule has 1 aliphatic carbocycles. The number of aromatic nitrogens is 2. The highest BCUT2D eigenvalue weighted by Gasteiger charge is 2.27. The fourth-order valence-corrected chi connectivity index (χ4v) is 3.91. The Kier molecular flexibility index (Phi) is 4.84. The lowest BCUT2D eigenvalue weighted by Crippen LogP contribution is -2.29. The lowest BCUT2D eigenvalue weighted by Gasteiger charge is -2.10. The number of rotatable bonds is 7. The Bertz CT molecular complexity index is 1060. The minimum Gasteiger partial charge on any atom is -0.306 e. The van der Waals surface area contributed by atoms with Gasteiger partial charge in [-0.05, 0) is 61.4 Å². The molecule has 0 aliphatic heterocycles. The molecule has 1 heterocycles. The number of nitrogens with one attached hydrogen (secondary N) is 3. The molecule has 3 N–H and O–H groups in total. The van der Waals surface area contributed by atoms with Gasteiger partial charge in [0.15, 0.2) is 0 Å². The first kappa shape index (κ1) is 18.2. The highest BCUT2D eigenvalue weighted by molar-refractivity contribution is 7.89. The van der Waals surface area contributed by atoms with Crippen LogP contribution in [0.5, 0.6) is 0 Å². The molecular formula is C19H19N5O3S. The molecule has 0 radical (unpaired) electrons. The first-order valence-corrected chi connectivity index (χ1v) is 10.3. The molecule has 28 heavy (non-hydrogen) atoms. The minimum atomic E-state index is -3.48. The van der Waals surface area contributed by atoms with Crippen molar-refractivity contribution in [1.29, 1.82) is 0 Å². The van der Waals surface area contributed by atoms with E-state index in [1.54, 1.807) is 36.8 Å². The van der Waals surface area contributed by atoms with Crippen molar-refractivity contribution < 1.29 is 13.2 Å². The number of benzene rings is 2. The van der Waals surface area contributed by atoms with Gasteiger partial charge in [-0.1, -0.05) is 0 Å². The van der Waals surface area contributed by atoms with E-state index in [-0.39, 0.29) is 16.8 Å². The van der Waals surface area contributed by atoms with Gasteiger partial charge in [-0.25, -0.2) is 18.1 Å². The summed E-state index contributed by atoms with van der Waals surface area (Å²) in [4.78, 5) is 16.5. The molecule has 8 nitrogen and oxygen atoms in total. The van der Waals surface area contributed by atoms with E-state index < -0.39 is 10.0 Å². The number of hydrogen-bond acceptors (Lipinski definition) is 5. The Morgan fingerprint density at radius 1 is 1.04 bits per heavy atom. The standard InChI is InChI=1S/C19H19N5O3S/c25-19(14-1-7-17(8-2-14)24-12-11-20-13-24)22-21-15-5-9-18(10-6-15)28(26,27)23-16-3-4-16/h1-2,5-13,16,21,23H,3-4H2,(H,22,25). The number of imidazole rings is 1. The molecule has 0 atom stereocenters. The summed E-state index contributed by atoms with van der Waals surface area (Å²) >= 11 is 0. The Hall–Kier alpha value is -3.17. The van der Waals surface area contributed by atoms with Gasteiger partial charge in [0.1, 0.15) is 0 Å². The average Bonchev–Trinajstić information content (AvgIpc) is 3.33. The maximum Gasteiger partial charge on any atom is 0.269 e. The molecule has 2 aromatic carbocycles. The molecule has 0 saturated heterocycles. The van der Waals surface area contributed by atoms with Crippen LogP contribution in [-0.4, -0.2) is 29.9 Å². The number of sulfonamides is 1. The molecule has 1 amide bonds. The number of anilines is 1. The predicted molar refractivity (Wildman–Crippen MR) is 104 cm³/mol. The van der Waals surface area contributed by atoms with Gasteiger partial charge in [0.2, 0.25) is 10.0 Å². The van der Waals surface area contributed by atoms with Crippen LogP contribution in [0.1, 0.15) is 23.2 Å². The average molecular weight is 397 g/mol. The lowest BCUT2D eigenvalue weighted by molar-refractivity contribution is 0.0962. The minimum absolute atomic E-state index is 0.0576. The molecule has 3 aromatic rings. The summed E-state index contributed by atoms with van der Waals surface area (Å²) in [6.07, 6.45) is 6.95. The van der Waals surface area contributed by atoms with Gasteiger partial charge in [-0.2, -0.15) is 0 Å². The molecule has 144 valence electrons. The molecule has 1 aromatic heterocycles. The zero-order valence-corrected chi connectivity index (χ0v) is 15.7. The SMILES string of the molecule is O=C(NNc1ccc(S(=O)(=O)NC2CC2)cc1)c1ccc(-n2ccnc2)cc1. The fourth-order valence-electron chi connectivity index (χ4n) is 2.60. The van der Waals surface area contributed by atoms with Crippen molar-refractivity contribution in [3.63, 3.8) is 0 Å². The summed E-state index contributed by atoms with van der Waals surface area (Å²) in [6.45, 7) is 0. The van der Waals surface area contributed by atoms with E-state index in [2.05, 4.69) is 20.6 Å². The summed E-state index contributed by atoms with van der Waals surface area (Å²) in [5.74, 6) is -0.302. The van der Waals surface area contributed by atoms with Crippen molar-refractivity contribution in [1.82, 2.24) is 19.7 Å². The Labute approximate surface area is 162 Å². The normalized spacial score (nSPS) is 13.9. The highest BCUT2D eigenvalue weighted by atomic mass is 32.2. The lowest BCUT2D eigenvalue weighted by atomic mass is 10.2. The quantitative estimate of drug-likeness (QED) is 0.530. The van der Waals surface area contributed by atoms with Gasteiger partial charge in [-0.3, -0.25) is 15.6 Å². The van der Waals surface area contributed by atoms with Gasteiger partial charge in [0.05, 0.1) is 16.9 Å². The van der Waals surface area contributed by atoms with Crippen LogP contribution >= 0.6 is 0 Å². The monoisotopic (exact) mass is 397 g/mol. The molecular weight excluding hydrogens is 378 g/mol. The van der Waals surface area contributed by atoms with Gasteiger partial charge in [0, 0.05) is 29.7 Å². The first-order chi connectivity index (χ1) is 13.5. The summed E-state index contributed by atoms with van der Waals surface area (Å²) in [5, 5.41) is 0. The van der Waals surface area contributed by atoms with Crippen LogP contribution in [0, 0.1) is 0 Å². The van der Waals surface area contributed by atoms with Crippen LogP contribution in [0.3, 0.4) is 0 Å². The van der Waals surface area contributed by atoms with Gasteiger partial charge >= 0.3 is 0 Å². The highest BCUT2D eigenvalue weighted by Crippen LogP contribution is 2.22. The number of hydrogen-bond donors (Lipinski definition) is 3. The Morgan fingerprint density at radius 2 is 1.75 bits per heavy atom. The molecule has 0 spiro atoms. The maximum absolute atomic E-state index is 12.3. The summed E-state index contributed by atoms with van der Waals surface area (Å²) in [7, 11) is -3.48. The number of nitrogens with zero attached hydrogens (tertiary/aromatic N) is 2. The molecule has 1 saturated carbocycles. The van der Waals surface area contributed by atoms with Crippen LogP contribution in [0.25, 0.3) is 5.69 Å². The van der Waals surface area contributed by atoms with Crippen LogP contribution in [0.15, 0.2) is 72.1 Å². The topological polar surface area (TPSA) is 105 Å². The summed E-state index contributed by atoms with van der Waals surface area (Å²) < 4.78 is 28.8. The van der Waals surface area contributed by atoms with Gasteiger partial charge in [-0.15, -0.1) is 0 Å². The molecule has 0 unspecified atom stereocenters. The van der Waals surface area contributed by atoms with E-state index in [0.29, 0.717) is 11.3 Å². The molecule has 0 bridgehead atoms. The van der Waals surface area contributed by atoms with Crippen molar-refractivity contribution in [2.75, 3.05) is 5.43 Å². The Balaban J connectivity index is 1.35. The second kappa shape index (κ2) is 7.45. The van der Waals surface area contributed by atoms with E-state index in [9.17, 15) is 13.2 Å². The van der Waals surface area contributed by atoms with E-state index in [1.807, 2.05) is 22.9 Å². The van der Waals surface area contributed by atoms with E-state index >= 15 is 0 Å². The van der Waals surface area contributed by atoms with E-state index in [1.165, 1.54) is 12.1 Å². The van der Waals surface area contributed by atoms with Gasteiger partial charge in [0.25, 0.3) is 5.91 Å². The molecule has 1 aliphatic rings. The van der Waals surface area contributed by atoms with Crippen molar-refractivity contribution in [3.8, 4) is 5.69 Å². The first-order valence-electron chi connectivity index (χ1n) is 8.78. The largest absolute Gasteiger partial charge is 0.306 e. The smallest absolute Gasteiger partial charge is 0.269 e. The summed E-state index contributed by atoms with van der Waals surface area (Å²) in [6, 6.07) is 13.3. The van der Waals surface area contributed by atoms with Crippen molar-refractivity contribution in [3.05, 3.63) is 72.8 Å². The van der Waals surface area contributed by atoms with Gasteiger partial charge < -0.3 is 4.57 Å². The molecule has 4 rings (SSSR count). The van der Waals surface area contributed by atoms with E-state index in [0.717, 1.165) is 18.5 Å².